The quantitative estimate of drug-likeness (QED) is 0.707. The molecular formula is C18H34N2O2. The van der Waals surface area contributed by atoms with E-state index in [1.54, 1.807) is 0 Å². The number of aliphatic hydroxyl groups is 1. The molecule has 0 unspecified atom stereocenters. The molecule has 2 aliphatic rings. The Morgan fingerprint density at radius 3 is 2.36 bits per heavy atom. The summed E-state index contributed by atoms with van der Waals surface area (Å²) < 4.78 is 0. The molecular weight excluding hydrogens is 276 g/mol. The monoisotopic (exact) mass is 310 g/mol. The molecule has 0 atom stereocenters. The van der Waals surface area contributed by atoms with Crippen molar-refractivity contribution in [3.63, 3.8) is 0 Å². The van der Waals surface area contributed by atoms with E-state index >= 15 is 0 Å². The first kappa shape index (κ1) is 17.6. The molecule has 0 bridgehead atoms. The average molecular weight is 310 g/mol. The van der Waals surface area contributed by atoms with Gasteiger partial charge in [0.05, 0.1) is 0 Å². The lowest BCUT2D eigenvalue weighted by molar-refractivity contribution is 0.134. The van der Waals surface area contributed by atoms with Gasteiger partial charge in [0.25, 0.3) is 0 Å². The minimum atomic E-state index is 0.0771. The van der Waals surface area contributed by atoms with Crippen molar-refractivity contribution >= 4 is 6.03 Å². The second kappa shape index (κ2) is 9.39. The van der Waals surface area contributed by atoms with Gasteiger partial charge in [-0.15, -0.1) is 0 Å². The SMILES string of the molecule is CN(C(=O)NCCCCC1CCCC1)C1CCC(CO)CC1. The summed E-state index contributed by atoms with van der Waals surface area (Å²) in [6.07, 6.45) is 13.5. The van der Waals surface area contributed by atoms with Crippen LogP contribution in [-0.2, 0) is 0 Å². The molecule has 2 saturated carbocycles. The van der Waals surface area contributed by atoms with Crippen LogP contribution in [0.3, 0.4) is 0 Å². The first-order valence-corrected chi connectivity index (χ1v) is 9.32. The molecule has 22 heavy (non-hydrogen) atoms. The van der Waals surface area contributed by atoms with E-state index in [-0.39, 0.29) is 6.03 Å². The summed E-state index contributed by atoms with van der Waals surface area (Å²) in [4.78, 5) is 14.1. The van der Waals surface area contributed by atoms with Crippen molar-refractivity contribution in [1.29, 1.82) is 0 Å². The number of nitrogens with one attached hydrogen (secondary N) is 1. The van der Waals surface area contributed by atoms with Gasteiger partial charge in [-0.1, -0.05) is 38.5 Å². The Kier molecular flexibility index (Phi) is 7.50. The number of nitrogens with zero attached hydrogens (tertiary/aromatic N) is 1. The molecule has 0 spiro atoms. The van der Waals surface area contributed by atoms with Gasteiger partial charge in [0.1, 0.15) is 0 Å². The number of hydrogen-bond acceptors (Lipinski definition) is 2. The van der Waals surface area contributed by atoms with Gasteiger partial charge >= 0.3 is 6.03 Å². The summed E-state index contributed by atoms with van der Waals surface area (Å²) in [5.41, 5.74) is 0. The van der Waals surface area contributed by atoms with Crippen LogP contribution in [-0.4, -0.2) is 42.3 Å². The average Bonchev–Trinajstić information content (AvgIpc) is 3.07. The molecule has 4 heteroatoms. The molecule has 128 valence electrons. The van der Waals surface area contributed by atoms with Gasteiger partial charge in [-0.3, -0.25) is 0 Å². The number of amides is 2. The summed E-state index contributed by atoms with van der Waals surface area (Å²) in [6.45, 7) is 1.10. The van der Waals surface area contributed by atoms with Crippen molar-refractivity contribution in [3.05, 3.63) is 0 Å². The maximum atomic E-state index is 12.2. The largest absolute Gasteiger partial charge is 0.396 e. The van der Waals surface area contributed by atoms with Crippen molar-refractivity contribution in [1.82, 2.24) is 10.2 Å². The molecule has 2 N–H and O–H groups in total. The molecule has 2 rings (SSSR count). The Morgan fingerprint density at radius 2 is 1.73 bits per heavy atom. The number of carbonyl (C=O) groups is 1. The third-order valence-corrected chi connectivity index (χ3v) is 5.73. The highest BCUT2D eigenvalue weighted by molar-refractivity contribution is 5.74. The van der Waals surface area contributed by atoms with Gasteiger partial charge in [-0.2, -0.15) is 0 Å². The minimum Gasteiger partial charge on any atom is -0.396 e. The fourth-order valence-corrected chi connectivity index (χ4v) is 4.06. The Labute approximate surface area is 135 Å². The zero-order valence-corrected chi connectivity index (χ0v) is 14.2. The minimum absolute atomic E-state index is 0.0771. The molecule has 4 nitrogen and oxygen atoms in total. The lowest BCUT2D eigenvalue weighted by atomic mass is 9.86. The molecule has 0 radical (unpaired) electrons. The number of rotatable bonds is 7. The number of urea groups is 1. The lowest BCUT2D eigenvalue weighted by Crippen LogP contribution is -2.45. The van der Waals surface area contributed by atoms with Crippen molar-refractivity contribution in [2.75, 3.05) is 20.2 Å². The first-order valence-electron chi connectivity index (χ1n) is 9.32. The molecule has 0 heterocycles. The molecule has 0 aromatic rings. The highest BCUT2D eigenvalue weighted by Crippen LogP contribution is 2.29. The summed E-state index contributed by atoms with van der Waals surface area (Å²) in [5, 5.41) is 12.2. The summed E-state index contributed by atoms with van der Waals surface area (Å²) in [6, 6.07) is 0.426. The van der Waals surface area contributed by atoms with Crippen LogP contribution in [0.15, 0.2) is 0 Å². The Bertz CT molecular complexity index is 321. The molecule has 0 aromatic carbocycles. The van der Waals surface area contributed by atoms with Gasteiger partial charge < -0.3 is 15.3 Å². The predicted molar refractivity (Wildman–Crippen MR) is 89.8 cm³/mol. The third-order valence-electron chi connectivity index (χ3n) is 5.73. The summed E-state index contributed by atoms with van der Waals surface area (Å²) in [5.74, 6) is 1.41. The van der Waals surface area contributed by atoms with Crippen LogP contribution < -0.4 is 5.32 Å². The van der Waals surface area contributed by atoms with E-state index < -0.39 is 0 Å². The molecule has 2 aliphatic carbocycles. The van der Waals surface area contributed by atoms with Crippen LogP contribution in [0.25, 0.3) is 0 Å². The Hall–Kier alpha value is -0.770. The number of unbranched alkanes of at least 4 members (excludes halogenated alkanes) is 1. The van der Waals surface area contributed by atoms with Crippen molar-refractivity contribution in [3.8, 4) is 0 Å². The van der Waals surface area contributed by atoms with Gasteiger partial charge in [-0.05, 0) is 43.9 Å². The number of hydrogen-bond donors (Lipinski definition) is 2. The maximum absolute atomic E-state index is 12.2. The fraction of sp³-hybridized carbons (Fsp3) is 0.944. The van der Waals surface area contributed by atoms with Gasteiger partial charge in [0.2, 0.25) is 0 Å². The second-order valence-electron chi connectivity index (χ2n) is 7.35. The van der Waals surface area contributed by atoms with Crippen LogP contribution in [0.5, 0.6) is 0 Å². The van der Waals surface area contributed by atoms with E-state index in [0.717, 1.165) is 44.6 Å². The normalized spacial score (nSPS) is 26.1. The van der Waals surface area contributed by atoms with E-state index in [1.165, 1.54) is 38.5 Å². The highest BCUT2D eigenvalue weighted by atomic mass is 16.3. The van der Waals surface area contributed by atoms with Crippen LogP contribution in [0, 0.1) is 11.8 Å². The van der Waals surface area contributed by atoms with Gasteiger partial charge in [0, 0.05) is 26.2 Å². The standard InChI is InChI=1S/C18H34N2O2/c1-20(17-11-9-16(14-21)10-12-17)18(22)19-13-5-4-8-15-6-2-3-7-15/h15-17,21H,2-14H2,1H3,(H,19,22). The van der Waals surface area contributed by atoms with E-state index in [2.05, 4.69) is 5.32 Å². The van der Waals surface area contributed by atoms with E-state index in [1.807, 2.05) is 11.9 Å². The van der Waals surface area contributed by atoms with Crippen LogP contribution in [0.2, 0.25) is 0 Å². The molecule has 0 saturated heterocycles. The molecule has 0 aromatic heterocycles. The zero-order chi connectivity index (χ0) is 15.8. The molecule has 0 aliphatic heterocycles. The predicted octanol–water partition coefficient (Wildman–Crippen LogP) is 3.54. The number of aliphatic hydroxyl groups excluding tert-OH is 1. The smallest absolute Gasteiger partial charge is 0.317 e. The van der Waals surface area contributed by atoms with Crippen molar-refractivity contribution < 1.29 is 9.90 Å². The second-order valence-corrected chi connectivity index (χ2v) is 7.35. The first-order chi connectivity index (χ1) is 10.7. The Balaban J connectivity index is 1.54. The highest BCUT2D eigenvalue weighted by Gasteiger charge is 2.25. The molecule has 2 fully saturated rings. The van der Waals surface area contributed by atoms with Crippen LogP contribution in [0.4, 0.5) is 4.79 Å². The maximum Gasteiger partial charge on any atom is 0.317 e. The Morgan fingerprint density at radius 1 is 1.05 bits per heavy atom. The topological polar surface area (TPSA) is 52.6 Å². The lowest BCUT2D eigenvalue weighted by Gasteiger charge is -2.34. The van der Waals surface area contributed by atoms with Crippen LogP contribution in [0.1, 0.15) is 70.6 Å². The third kappa shape index (κ3) is 5.45. The van der Waals surface area contributed by atoms with E-state index in [4.69, 9.17) is 0 Å². The summed E-state index contributed by atoms with van der Waals surface area (Å²) in [7, 11) is 1.91. The van der Waals surface area contributed by atoms with E-state index in [0.29, 0.717) is 18.6 Å². The summed E-state index contributed by atoms with van der Waals surface area (Å²) >= 11 is 0. The van der Waals surface area contributed by atoms with Gasteiger partial charge in [0.15, 0.2) is 0 Å². The van der Waals surface area contributed by atoms with Gasteiger partial charge in [-0.25, -0.2) is 4.79 Å². The zero-order valence-electron chi connectivity index (χ0n) is 14.2. The van der Waals surface area contributed by atoms with Crippen molar-refractivity contribution in [2.45, 2.75) is 76.7 Å². The van der Waals surface area contributed by atoms with Crippen LogP contribution >= 0.6 is 0 Å². The van der Waals surface area contributed by atoms with E-state index in [9.17, 15) is 9.90 Å². The van der Waals surface area contributed by atoms with Crippen molar-refractivity contribution in [2.24, 2.45) is 11.8 Å². The number of carbonyl (C=O) groups excluding carboxylic acids is 1. The fourth-order valence-electron chi connectivity index (χ4n) is 4.06. The molecule has 2 amide bonds.